The van der Waals surface area contributed by atoms with E-state index in [-0.39, 0.29) is 12.4 Å². The Kier molecular flexibility index (Phi) is 3.92. The number of aromatic amines is 1. The Bertz CT molecular complexity index is 421. The molecule has 0 bridgehead atoms. The number of halogens is 1. The topological polar surface area (TPSA) is 28.7 Å². The minimum atomic E-state index is 0. The molecule has 0 atom stereocenters. The molecule has 1 N–H and O–H groups in total. The van der Waals surface area contributed by atoms with E-state index in [4.69, 9.17) is 0 Å². The van der Waals surface area contributed by atoms with E-state index in [2.05, 4.69) is 42.0 Å². The summed E-state index contributed by atoms with van der Waals surface area (Å²) in [5.41, 5.74) is 5.26. The smallest absolute Gasteiger partial charge is 0.0921 e. The third-order valence-corrected chi connectivity index (χ3v) is 2.65. The molecule has 3 heteroatoms. The van der Waals surface area contributed by atoms with Crippen LogP contribution in [-0.4, -0.2) is 9.97 Å². The molecule has 2 rings (SSSR count). The van der Waals surface area contributed by atoms with Crippen molar-refractivity contribution in [1.29, 1.82) is 0 Å². The third kappa shape index (κ3) is 2.60. The maximum atomic E-state index is 4.01. The molecule has 0 aliphatic heterocycles. The van der Waals surface area contributed by atoms with Gasteiger partial charge in [0.1, 0.15) is 0 Å². The highest BCUT2D eigenvalue weighted by Crippen LogP contribution is 2.15. The SMILES string of the molecule is Cc1cccc(Cc2cnc[nH]2)c1C.[Cl-]. The van der Waals surface area contributed by atoms with Gasteiger partial charge in [0.2, 0.25) is 0 Å². The number of rotatable bonds is 2. The Morgan fingerprint density at radius 2 is 2.07 bits per heavy atom. The largest absolute Gasteiger partial charge is 1.00 e. The molecule has 0 saturated heterocycles. The van der Waals surface area contributed by atoms with E-state index in [0.29, 0.717) is 0 Å². The highest BCUT2D eigenvalue weighted by atomic mass is 35.5. The Hall–Kier alpha value is -1.28. The van der Waals surface area contributed by atoms with Crippen LogP contribution in [0.25, 0.3) is 0 Å². The predicted octanol–water partition coefficient (Wildman–Crippen LogP) is -0.379. The van der Waals surface area contributed by atoms with Crippen LogP contribution in [0.15, 0.2) is 30.7 Å². The highest BCUT2D eigenvalue weighted by molar-refractivity contribution is 5.35. The molecule has 2 nitrogen and oxygen atoms in total. The molecule has 0 radical (unpaired) electrons. The average Bonchev–Trinajstić information content (AvgIpc) is 2.66. The fraction of sp³-hybridized carbons (Fsp3) is 0.250. The van der Waals surface area contributed by atoms with Crippen molar-refractivity contribution in [1.82, 2.24) is 9.97 Å². The lowest BCUT2D eigenvalue weighted by Crippen LogP contribution is -3.00. The van der Waals surface area contributed by atoms with E-state index in [0.717, 1.165) is 6.42 Å². The molecule has 1 aromatic heterocycles. The summed E-state index contributed by atoms with van der Waals surface area (Å²) >= 11 is 0. The molecule has 0 fully saturated rings. The summed E-state index contributed by atoms with van der Waals surface area (Å²) in [5.74, 6) is 0. The second kappa shape index (κ2) is 4.99. The van der Waals surface area contributed by atoms with Gasteiger partial charge in [-0.15, -0.1) is 0 Å². The number of aromatic nitrogens is 2. The maximum Gasteiger partial charge on any atom is 0.0921 e. The first-order valence-corrected chi connectivity index (χ1v) is 4.79. The van der Waals surface area contributed by atoms with Crippen LogP contribution in [0.1, 0.15) is 22.4 Å². The predicted molar refractivity (Wildman–Crippen MR) is 57.3 cm³/mol. The van der Waals surface area contributed by atoms with E-state index in [1.807, 2.05) is 6.20 Å². The second-order valence-corrected chi connectivity index (χ2v) is 3.61. The summed E-state index contributed by atoms with van der Waals surface area (Å²) in [7, 11) is 0. The van der Waals surface area contributed by atoms with Crippen molar-refractivity contribution in [3.05, 3.63) is 53.1 Å². The minimum Gasteiger partial charge on any atom is -1.00 e. The molecule has 0 aliphatic carbocycles. The van der Waals surface area contributed by atoms with Crippen LogP contribution in [0, 0.1) is 13.8 Å². The molecule has 2 aromatic rings. The van der Waals surface area contributed by atoms with Crippen LogP contribution >= 0.6 is 0 Å². The van der Waals surface area contributed by atoms with Gasteiger partial charge in [-0.1, -0.05) is 18.2 Å². The molecule has 0 unspecified atom stereocenters. The van der Waals surface area contributed by atoms with Crippen LogP contribution in [0.5, 0.6) is 0 Å². The minimum absolute atomic E-state index is 0. The molecular formula is C12H14ClN2-. The number of hydrogen-bond acceptors (Lipinski definition) is 1. The van der Waals surface area contributed by atoms with E-state index < -0.39 is 0 Å². The van der Waals surface area contributed by atoms with Crippen LogP contribution in [0.3, 0.4) is 0 Å². The number of imidazole rings is 1. The Morgan fingerprint density at radius 1 is 1.27 bits per heavy atom. The average molecular weight is 222 g/mol. The summed E-state index contributed by atoms with van der Waals surface area (Å²) < 4.78 is 0. The van der Waals surface area contributed by atoms with Gasteiger partial charge in [-0.3, -0.25) is 0 Å². The van der Waals surface area contributed by atoms with Gasteiger partial charge in [0.05, 0.1) is 6.33 Å². The van der Waals surface area contributed by atoms with Gasteiger partial charge >= 0.3 is 0 Å². The first-order chi connectivity index (χ1) is 6.77. The molecule has 0 spiro atoms. The Morgan fingerprint density at radius 3 is 2.73 bits per heavy atom. The van der Waals surface area contributed by atoms with Crippen LogP contribution in [0.4, 0.5) is 0 Å². The van der Waals surface area contributed by atoms with Crippen LogP contribution in [-0.2, 0) is 6.42 Å². The number of nitrogens with one attached hydrogen (secondary N) is 1. The first-order valence-electron chi connectivity index (χ1n) is 4.79. The number of hydrogen-bond donors (Lipinski definition) is 1. The van der Waals surface area contributed by atoms with Gasteiger partial charge in [-0.25, -0.2) is 4.98 Å². The van der Waals surface area contributed by atoms with Crippen molar-refractivity contribution < 1.29 is 12.4 Å². The Labute approximate surface area is 96.2 Å². The molecule has 80 valence electrons. The number of nitrogens with zero attached hydrogens (tertiary/aromatic N) is 1. The zero-order chi connectivity index (χ0) is 9.97. The zero-order valence-corrected chi connectivity index (χ0v) is 9.67. The van der Waals surface area contributed by atoms with Crippen molar-refractivity contribution in [2.45, 2.75) is 20.3 Å². The van der Waals surface area contributed by atoms with Gasteiger partial charge in [0.25, 0.3) is 0 Å². The van der Waals surface area contributed by atoms with Crippen molar-refractivity contribution >= 4 is 0 Å². The van der Waals surface area contributed by atoms with E-state index >= 15 is 0 Å². The summed E-state index contributed by atoms with van der Waals surface area (Å²) in [6.07, 6.45) is 4.54. The number of benzene rings is 1. The zero-order valence-electron chi connectivity index (χ0n) is 8.92. The van der Waals surface area contributed by atoms with E-state index in [9.17, 15) is 0 Å². The van der Waals surface area contributed by atoms with Crippen LogP contribution < -0.4 is 12.4 Å². The van der Waals surface area contributed by atoms with Gasteiger partial charge in [-0.2, -0.15) is 0 Å². The lowest BCUT2D eigenvalue weighted by molar-refractivity contribution is -0.00000313. The number of aryl methyl sites for hydroxylation is 1. The number of H-pyrrole nitrogens is 1. The molecule has 15 heavy (non-hydrogen) atoms. The Balaban J connectivity index is 0.00000112. The monoisotopic (exact) mass is 221 g/mol. The van der Waals surface area contributed by atoms with E-state index in [1.165, 1.54) is 22.4 Å². The normalized spacial score (nSPS) is 9.73. The van der Waals surface area contributed by atoms with Crippen molar-refractivity contribution in [3.8, 4) is 0 Å². The van der Waals surface area contributed by atoms with Gasteiger partial charge in [0, 0.05) is 18.3 Å². The molecule has 0 saturated carbocycles. The lowest BCUT2D eigenvalue weighted by atomic mass is 10.0. The fourth-order valence-corrected chi connectivity index (χ4v) is 1.59. The quantitative estimate of drug-likeness (QED) is 0.736. The van der Waals surface area contributed by atoms with Crippen molar-refractivity contribution in [3.63, 3.8) is 0 Å². The van der Waals surface area contributed by atoms with Crippen molar-refractivity contribution in [2.24, 2.45) is 0 Å². The van der Waals surface area contributed by atoms with Crippen LogP contribution in [0.2, 0.25) is 0 Å². The van der Waals surface area contributed by atoms with Crippen molar-refractivity contribution in [2.75, 3.05) is 0 Å². The highest BCUT2D eigenvalue weighted by Gasteiger charge is 2.02. The maximum absolute atomic E-state index is 4.01. The van der Waals surface area contributed by atoms with E-state index in [1.54, 1.807) is 6.33 Å². The van der Waals surface area contributed by atoms with Gasteiger partial charge < -0.3 is 17.4 Å². The standard InChI is InChI=1S/C12H14N2.ClH/c1-9-4-3-5-11(10(9)2)6-12-7-13-8-14-12;/h3-5,7-8H,6H2,1-2H3,(H,13,14);1H/p-1. The second-order valence-electron chi connectivity index (χ2n) is 3.61. The van der Waals surface area contributed by atoms with Gasteiger partial charge in [0.15, 0.2) is 0 Å². The lowest BCUT2D eigenvalue weighted by Gasteiger charge is -2.06. The summed E-state index contributed by atoms with van der Waals surface area (Å²) in [6.45, 7) is 4.31. The molecular weight excluding hydrogens is 208 g/mol. The first kappa shape index (κ1) is 11.8. The molecule has 1 heterocycles. The summed E-state index contributed by atoms with van der Waals surface area (Å²) in [5, 5.41) is 0. The summed E-state index contributed by atoms with van der Waals surface area (Å²) in [4.78, 5) is 7.14. The molecule has 0 aliphatic rings. The third-order valence-electron chi connectivity index (χ3n) is 2.65. The fourth-order valence-electron chi connectivity index (χ4n) is 1.59. The summed E-state index contributed by atoms with van der Waals surface area (Å²) in [6, 6.07) is 6.42. The molecule has 1 aromatic carbocycles. The van der Waals surface area contributed by atoms with Gasteiger partial charge in [-0.05, 0) is 30.5 Å². The molecule has 0 amide bonds.